The summed E-state index contributed by atoms with van der Waals surface area (Å²) in [7, 11) is 0. The van der Waals surface area contributed by atoms with E-state index in [1.165, 1.54) is 5.56 Å². The van der Waals surface area contributed by atoms with E-state index in [0.717, 1.165) is 22.8 Å². The molecule has 102 valence electrons. The first-order valence-electron chi connectivity index (χ1n) is 6.61. The van der Waals surface area contributed by atoms with Gasteiger partial charge in [-0.3, -0.25) is 0 Å². The smallest absolute Gasteiger partial charge is 0.120 e. The van der Waals surface area contributed by atoms with Gasteiger partial charge in [0.1, 0.15) is 23.9 Å². The van der Waals surface area contributed by atoms with Crippen molar-refractivity contribution in [2.45, 2.75) is 39.8 Å². The van der Waals surface area contributed by atoms with Gasteiger partial charge in [0, 0.05) is 5.56 Å². The zero-order chi connectivity index (χ0) is 13.8. The molecule has 3 nitrogen and oxygen atoms in total. The lowest BCUT2D eigenvalue weighted by atomic mass is 10.0. The molecular formula is C16H21NO2. The number of hydrogen-bond acceptors (Lipinski definition) is 3. The largest absolute Gasteiger partial charge is 0.489 e. The number of rotatable bonds is 5. The molecule has 19 heavy (non-hydrogen) atoms. The van der Waals surface area contributed by atoms with E-state index in [4.69, 9.17) is 14.9 Å². The molecule has 0 bridgehead atoms. The zero-order valence-corrected chi connectivity index (χ0v) is 11.8. The molecule has 0 amide bonds. The van der Waals surface area contributed by atoms with E-state index in [1.54, 1.807) is 0 Å². The Morgan fingerprint density at radius 2 is 2.05 bits per heavy atom. The number of benzene rings is 1. The standard InChI is InChI=1S/C16H21NO2/c1-11(2)13-5-4-6-15(7-13)18-10-14-8-16(9-17)19-12(14)3/h4-8,11H,9-10,17H2,1-3H3. The Bertz CT molecular complexity index is 543. The molecule has 0 unspecified atom stereocenters. The molecule has 0 aliphatic carbocycles. The fourth-order valence-electron chi connectivity index (χ4n) is 1.96. The lowest BCUT2D eigenvalue weighted by Crippen LogP contribution is -1.97. The molecule has 0 saturated heterocycles. The molecule has 3 heteroatoms. The van der Waals surface area contributed by atoms with Crippen molar-refractivity contribution in [3.05, 3.63) is 53.0 Å². The Balaban J connectivity index is 2.05. The highest BCUT2D eigenvalue weighted by molar-refractivity contribution is 5.31. The minimum Gasteiger partial charge on any atom is -0.489 e. The van der Waals surface area contributed by atoms with Gasteiger partial charge in [0.15, 0.2) is 0 Å². The first-order chi connectivity index (χ1) is 9.10. The van der Waals surface area contributed by atoms with E-state index in [2.05, 4.69) is 26.0 Å². The molecule has 1 aromatic heterocycles. The van der Waals surface area contributed by atoms with Gasteiger partial charge >= 0.3 is 0 Å². The molecule has 2 aromatic rings. The fraction of sp³-hybridized carbons (Fsp3) is 0.375. The van der Waals surface area contributed by atoms with Crippen LogP contribution in [0.5, 0.6) is 5.75 Å². The molecule has 1 heterocycles. The highest BCUT2D eigenvalue weighted by Gasteiger charge is 2.07. The van der Waals surface area contributed by atoms with E-state index in [1.807, 2.05) is 25.1 Å². The van der Waals surface area contributed by atoms with E-state index >= 15 is 0 Å². The maximum atomic E-state index is 5.82. The van der Waals surface area contributed by atoms with Gasteiger partial charge in [0.05, 0.1) is 6.54 Å². The summed E-state index contributed by atoms with van der Waals surface area (Å²) < 4.78 is 11.3. The molecular weight excluding hydrogens is 238 g/mol. The van der Waals surface area contributed by atoms with Gasteiger partial charge in [-0.25, -0.2) is 0 Å². The average molecular weight is 259 g/mol. The Hall–Kier alpha value is -1.74. The van der Waals surface area contributed by atoms with Crippen molar-refractivity contribution >= 4 is 0 Å². The number of ether oxygens (including phenoxy) is 1. The average Bonchev–Trinajstić information content (AvgIpc) is 2.77. The van der Waals surface area contributed by atoms with Crippen LogP contribution in [0.2, 0.25) is 0 Å². The van der Waals surface area contributed by atoms with Crippen molar-refractivity contribution in [1.82, 2.24) is 0 Å². The van der Waals surface area contributed by atoms with Crippen LogP contribution in [0.4, 0.5) is 0 Å². The van der Waals surface area contributed by atoms with E-state index in [-0.39, 0.29) is 0 Å². The number of furan rings is 1. The predicted molar refractivity (Wildman–Crippen MR) is 76.2 cm³/mol. The van der Waals surface area contributed by atoms with Crippen LogP contribution < -0.4 is 10.5 Å². The summed E-state index contributed by atoms with van der Waals surface area (Å²) in [5, 5.41) is 0. The van der Waals surface area contributed by atoms with Crippen LogP contribution in [0.3, 0.4) is 0 Å². The normalized spacial score (nSPS) is 11.0. The maximum absolute atomic E-state index is 5.82. The second kappa shape index (κ2) is 5.93. The first-order valence-corrected chi connectivity index (χ1v) is 6.61. The number of nitrogens with two attached hydrogens (primary N) is 1. The third-order valence-corrected chi connectivity index (χ3v) is 3.19. The summed E-state index contributed by atoms with van der Waals surface area (Å²) in [6, 6.07) is 10.2. The summed E-state index contributed by atoms with van der Waals surface area (Å²) >= 11 is 0. The lowest BCUT2D eigenvalue weighted by Gasteiger charge is -2.09. The highest BCUT2D eigenvalue weighted by Crippen LogP contribution is 2.22. The first kappa shape index (κ1) is 13.7. The number of hydrogen-bond donors (Lipinski definition) is 1. The van der Waals surface area contributed by atoms with Gasteiger partial charge in [0.2, 0.25) is 0 Å². The SMILES string of the molecule is Cc1oc(CN)cc1COc1cccc(C(C)C)c1. The van der Waals surface area contributed by atoms with Gasteiger partial charge in [-0.15, -0.1) is 0 Å². The van der Waals surface area contributed by atoms with Crippen LogP contribution in [0.15, 0.2) is 34.7 Å². The molecule has 0 spiro atoms. The molecule has 0 atom stereocenters. The maximum Gasteiger partial charge on any atom is 0.120 e. The van der Waals surface area contributed by atoms with Crippen molar-refractivity contribution in [1.29, 1.82) is 0 Å². The summed E-state index contributed by atoms with van der Waals surface area (Å²) in [6.07, 6.45) is 0. The Labute approximate surface area is 114 Å². The monoisotopic (exact) mass is 259 g/mol. The van der Waals surface area contributed by atoms with Crippen molar-refractivity contribution < 1.29 is 9.15 Å². The highest BCUT2D eigenvalue weighted by atomic mass is 16.5. The van der Waals surface area contributed by atoms with Crippen LogP contribution in [-0.4, -0.2) is 0 Å². The molecule has 2 rings (SSSR count). The van der Waals surface area contributed by atoms with Gasteiger partial charge in [-0.05, 0) is 36.6 Å². The van der Waals surface area contributed by atoms with Crippen LogP contribution >= 0.6 is 0 Å². The van der Waals surface area contributed by atoms with Crippen molar-refractivity contribution in [2.75, 3.05) is 0 Å². The van der Waals surface area contributed by atoms with Crippen LogP contribution in [0, 0.1) is 6.92 Å². The lowest BCUT2D eigenvalue weighted by molar-refractivity contribution is 0.302. The van der Waals surface area contributed by atoms with Gasteiger partial charge in [-0.1, -0.05) is 26.0 Å². The van der Waals surface area contributed by atoms with Gasteiger partial charge in [-0.2, -0.15) is 0 Å². The minimum absolute atomic E-state index is 0.420. The minimum atomic E-state index is 0.420. The molecule has 0 saturated carbocycles. The summed E-state index contributed by atoms with van der Waals surface area (Å²) in [5.41, 5.74) is 7.89. The van der Waals surface area contributed by atoms with Crippen LogP contribution in [-0.2, 0) is 13.2 Å². The van der Waals surface area contributed by atoms with Crippen molar-refractivity contribution in [3.63, 3.8) is 0 Å². The molecule has 0 fully saturated rings. The van der Waals surface area contributed by atoms with E-state index in [9.17, 15) is 0 Å². The van der Waals surface area contributed by atoms with E-state index < -0.39 is 0 Å². The second-order valence-corrected chi connectivity index (χ2v) is 5.01. The molecule has 0 radical (unpaired) electrons. The molecule has 2 N–H and O–H groups in total. The quantitative estimate of drug-likeness (QED) is 0.889. The third-order valence-electron chi connectivity index (χ3n) is 3.19. The summed E-state index contributed by atoms with van der Waals surface area (Å²) in [5.74, 6) is 3.07. The topological polar surface area (TPSA) is 48.4 Å². The third kappa shape index (κ3) is 3.38. The van der Waals surface area contributed by atoms with Crippen molar-refractivity contribution in [3.8, 4) is 5.75 Å². The van der Waals surface area contributed by atoms with E-state index in [0.29, 0.717) is 19.1 Å². The summed E-state index contributed by atoms with van der Waals surface area (Å²) in [4.78, 5) is 0. The van der Waals surface area contributed by atoms with Gasteiger partial charge < -0.3 is 14.9 Å². The van der Waals surface area contributed by atoms with Gasteiger partial charge in [0.25, 0.3) is 0 Å². The van der Waals surface area contributed by atoms with Crippen LogP contribution in [0.1, 0.15) is 42.4 Å². The Morgan fingerprint density at radius 3 is 2.68 bits per heavy atom. The summed E-state index contributed by atoms with van der Waals surface area (Å²) in [6.45, 7) is 7.21. The Morgan fingerprint density at radius 1 is 1.26 bits per heavy atom. The molecule has 0 aliphatic heterocycles. The van der Waals surface area contributed by atoms with Crippen molar-refractivity contribution in [2.24, 2.45) is 5.73 Å². The second-order valence-electron chi connectivity index (χ2n) is 5.01. The molecule has 0 aliphatic rings. The fourth-order valence-corrected chi connectivity index (χ4v) is 1.96. The zero-order valence-electron chi connectivity index (χ0n) is 11.8. The molecule has 1 aromatic carbocycles. The number of aryl methyl sites for hydroxylation is 1. The van der Waals surface area contributed by atoms with Crippen LogP contribution in [0.25, 0.3) is 0 Å². The predicted octanol–water partition coefficient (Wildman–Crippen LogP) is 3.75. The Kier molecular flexibility index (Phi) is 4.27.